The molecule has 1 heterocycles. The summed E-state index contributed by atoms with van der Waals surface area (Å²) in [5.74, 6) is 0.388. The molecule has 0 spiro atoms. The summed E-state index contributed by atoms with van der Waals surface area (Å²) in [7, 11) is 1.47. The van der Waals surface area contributed by atoms with Crippen molar-refractivity contribution in [3.63, 3.8) is 0 Å². The Kier molecular flexibility index (Phi) is 7.31. The predicted molar refractivity (Wildman–Crippen MR) is 115 cm³/mol. The first-order valence-electron chi connectivity index (χ1n) is 9.47. The minimum atomic E-state index is -0.522. The molecule has 2 aromatic carbocycles. The van der Waals surface area contributed by atoms with Gasteiger partial charge < -0.3 is 14.2 Å². The van der Waals surface area contributed by atoms with Gasteiger partial charge in [0, 0.05) is 12.4 Å². The molecule has 158 valence electrons. The van der Waals surface area contributed by atoms with Crippen LogP contribution >= 0.6 is 0 Å². The lowest BCUT2D eigenvalue weighted by Gasteiger charge is -2.10. The number of nitrogens with one attached hydrogen (secondary N) is 1. The Hall–Kier alpha value is -4.20. The fraction of sp³-hybridized carbons (Fsp3) is 0.130. The van der Waals surface area contributed by atoms with Gasteiger partial charge in [-0.05, 0) is 67.1 Å². The van der Waals surface area contributed by atoms with E-state index in [9.17, 15) is 9.59 Å². The standard InChI is InChI=1S/C23H21N3O5/c1-3-30-19-9-7-17(8-10-19)23(28)31-20-11-6-16(13-21(20)29-2)14-25-26-22(27)18-5-4-12-24-15-18/h4-15H,3H2,1-2H3,(H,26,27)/b25-14-. The zero-order valence-corrected chi connectivity index (χ0v) is 17.1. The number of aromatic nitrogens is 1. The number of esters is 1. The highest BCUT2D eigenvalue weighted by molar-refractivity contribution is 5.94. The minimum absolute atomic E-state index is 0.262. The Bertz CT molecular complexity index is 1070. The van der Waals surface area contributed by atoms with Crippen LogP contribution in [0.4, 0.5) is 0 Å². The van der Waals surface area contributed by atoms with Crippen LogP contribution in [-0.2, 0) is 0 Å². The molecule has 8 nitrogen and oxygen atoms in total. The van der Waals surface area contributed by atoms with Crippen molar-refractivity contribution in [1.29, 1.82) is 0 Å². The zero-order chi connectivity index (χ0) is 22.1. The maximum absolute atomic E-state index is 12.4. The Morgan fingerprint density at radius 3 is 2.55 bits per heavy atom. The van der Waals surface area contributed by atoms with E-state index in [4.69, 9.17) is 14.2 Å². The molecular weight excluding hydrogens is 398 g/mol. The molecule has 3 rings (SSSR count). The molecule has 3 aromatic rings. The van der Waals surface area contributed by atoms with E-state index in [2.05, 4.69) is 15.5 Å². The average molecular weight is 419 g/mol. The van der Waals surface area contributed by atoms with Crippen LogP contribution in [-0.4, -0.2) is 36.8 Å². The number of hydrogen-bond donors (Lipinski definition) is 1. The summed E-state index contributed by atoms with van der Waals surface area (Å²) in [4.78, 5) is 28.3. The average Bonchev–Trinajstić information content (AvgIpc) is 2.81. The van der Waals surface area contributed by atoms with Crippen molar-refractivity contribution < 1.29 is 23.8 Å². The summed E-state index contributed by atoms with van der Waals surface area (Å²) in [5.41, 5.74) is 3.84. The van der Waals surface area contributed by atoms with E-state index in [1.54, 1.807) is 60.8 Å². The largest absolute Gasteiger partial charge is 0.494 e. The first kappa shape index (κ1) is 21.5. The molecule has 0 atom stereocenters. The summed E-state index contributed by atoms with van der Waals surface area (Å²) < 4.78 is 16.1. The number of benzene rings is 2. The van der Waals surface area contributed by atoms with E-state index in [-0.39, 0.29) is 11.7 Å². The molecule has 31 heavy (non-hydrogen) atoms. The highest BCUT2D eigenvalue weighted by Crippen LogP contribution is 2.28. The first-order valence-corrected chi connectivity index (χ1v) is 9.47. The Morgan fingerprint density at radius 1 is 1.06 bits per heavy atom. The second-order valence-electron chi connectivity index (χ2n) is 6.20. The summed E-state index contributed by atoms with van der Waals surface area (Å²) >= 11 is 0. The number of ether oxygens (including phenoxy) is 3. The predicted octanol–water partition coefficient (Wildman–Crippen LogP) is 3.47. The molecule has 8 heteroatoms. The van der Waals surface area contributed by atoms with Crippen molar-refractivity contribution in [3.8, 4) is 17.2 Å². The number of carbonyl (C=O) groups is 2. The van der Waals surface area contributed by atoms with Crippen LogP contribution < -0.4 is 19.6 Å². The van der Waals surface area contributed by atoms with Crippen LogP contribution in [0.15, 0.2) is 72.1 Å². The van der Waals surface area contributed by atoms with Crippen LogP contribution in [0, 0.1) is 0 Å². The fourth-order valence-corrected chi connectivity index (χ4v) is 2.59. The van der Waals surface area contributed by atoms with E-state index in [1.807, 2.05) is 6.92 Å². The van der Waals surface area contributed by atoms with Crippen molar-refractivity contribution >= 4 is 18.1 Å². The molecule has 1 N–H and O–H groups in total. The number of amides is 1. The van der Waals surface area contributed by atoms with Crippen molar-refractivity contribution in [2.24, 2.45) is 5.10 Å². The number of pyridine rings is 1. The molecule has 0 saturated heterocycles. The Balaban J connectivity index is 1.65. The smallest absolute Gasteiger partial charge is 0.343 e. The maximum atomic E-state index is 12.4. The van der Waals surface area contributed by atoms with Gasteiger partial charge >= 0.3 is 5.97 Å². The lowest BCUT2D eigenvalue weighted by atomic mass is 10.2. The van der Waals surface area contributed by atoms with Gasteiger partial charge in [-0.1, -0.05) is 0 Å². The summed E-state index contributed by atoms with van der Waals surface area (Å²) in [6, 6.07) is 14.9. The van der Waals surface area contributed by atoms with E-state index in [0.717, 1.165) is 0 Å². The molecule has 1 aromatic heterocycles. The Morgan fingerprint density at radius 2 is 1.87 bits per heavy atom. The van der Waals surface area contributed by atoms with Gasteiger partial charge in [0.2, 0.25) is 0 Å². The molecule has 0 saturated carbocycles. The molecule has 0 radical (unpaired) electrons. The normalized spacial score (nSPS) is 10.5. The van der Waals surface area contributed by atoms with Gasteiger partial charge in [0.15, 0.2) is 11.5 Å². The number of rotatable bonds is 8. The molecule has 0 aliphatic rings. The lowest BCUT2D eigenvalue weighted by molar-refractivity contribution is 0.0729. The van der Waals surface area contributed by atoms with E-state index < -0.39 is 5.97 Å². The SMILES string of the molecule is CCOc1ccc(C(=O)Oc2ccc(/C=N\NC(=O)c3cccnc3)cc2OC)cc1. The van der Waals surface area contributed by atoms with Crippen LogP contribution in [0.1, 0.15) is 33.2 Å². The van der Waals surface area contributed by atoms with E-state index >= 15 is 0 Å². The van der Waals surface area contributed by atoms with Crippen LogP contribution in [0.2, 0.25) is 0 Å². The van der Waals surface area contributed by atoms with Gasteiger partial charge in [0.25, 0.3) is 5.91 Å². The van der Waals surface area contributed by atoms with Gasteiger partial charge in [-0.3, -0.25) is 9.78 Å². The lowest BCUT2D eigenvalue weighted by Crippen LogP contribution is -2.17. The summed E-state index contributed by atoms with van der Waals surface area (Å²) in [5, 5.41) is 3.93. The Labute approximate surface area is 179 Å². The number of carbonyl (C=O) groups excluding carboxylic acids is 2. The second kappa shape index (κ2) is 10.5. The van der Waals surface area contributed by atoms with Crippen molar-refractivity contribution in [2.45, 2.75) is 6.92 Å². The van der Waals surface area contributed by atoms with Crippen molar-refractivity contribution in [1.82, 2.24) is 10.4 Å². The third-order valence-electron chi connectivity index (χ3n) is 4.09. The highest BCUT2D eigenvalue weighted by atomic mass is 16.6. The summed E-state index contributed by atoms with van der Waals surface area (Å²) in [6.45, 7) is 2.43. The molecule has 0 unspecified atom stereocenters. The molecule has 0 aliphatic heterocycles. The quantitative estimate of drug-likeness (QED) is 0.260. The molecule has 1 amide bonds. The van der Waals surface area contributed by atoms with E-state index in [0.29, 0.717) is 34.8 Å². The van der Waals surface area contributed by atoms with Crippen LogP contribution in [0.5, 0.6) is 17.2 Å². The highest BCUT2D eigenvalue weighted by Gasteiger charge is 2.13. The fourth-order valence-electron chi connectivity index (χ4n) is 2.59. The van der Waals surface area contributed by atoms with Gasteiger partial charge in [-0.25, -0.2) is 10.2 Å². The van der Waals surface area contributed by atoms with Gasteiger partial charge in [0.05, 0.1) is 31.1 Å². The van der Waals surface area contributed by atoms with Gasteiger partial charge in [-0.2, -0.15) is 5.10 Å². The zero-order valence-electron chi connectivity index (χ0n) is 17.1. The number of hydrazone groups is 1. The van der Waals surface area contributed by atoms with Crippen LogP contribution in [0.3, 0.4) is 0 Å². The minimum Gasteiger partial charge on any atom is -0.494 e. The second-order valence-corrected chi connectivity index (χ2v) is 6.20. The monoisotopic (exact) mass is 419 g/mol. The number of nitrogens with zero attached hydrogens (tertiary/aromatic N) is 2. The first-order chi connectivity index (χ1) is 15.1. The number of methoxy groups -OCH3 is 1. The molecular formula is C23H21N3O5. The topological polar surface area (TPSA) is 99.1 Å². The van der Waals surface area contributed by atoms with Crippen LogP contribution in [0.25, 0.3) is 0 Å². The third kappa shape index (κ3) is 5.89. The van der Waals surface area contributed by atoms with Gasteiger partial charge in [0.1, 0.15) is 5.75 Å². The van der Waals surface area contributed by atoms with Crippen molar-refractivity contribution in [2.75, 3.05) is 13.7 Å². The van der Waals surface area contributed by atoms with Crippen molar-refractivity contribution in [3.05, 3.63) is 83.7 Å². The van der Waals surface area contributed by atoms with E-state index in [1.165, 1.54) is 19.5 Å². The maximum Gasteiger partial charge on any atom is 0.343 e. The third-order valence-corrected chi connectivity index (χ3v) is 4.09. The molecule has 0 bridgehead atoms. The number of hydrogen-bond acceptors (Lipinski definition) is 7. The molecule has 0 fully saturated rings. The molecule has 0 aliphatic carbocycles. The summed E-state index contributed by atoms with van der Waals surface area (Å²) in [6.07, 6.45) is 4.48. The van der Waals surface area contributed by atoms with Gasteiger partial charge in [-0.15, -0.1) is 0 Å².